The van der Waals surface area contributed by atoms with E-state index in [1.54, 1.807) is 0 Å². The standard InChI is InChI=1S/C12H14BrF2NO2S/c13-9-6-12(11(15)7-10(9)14)19(17,18)16-8-4-2-1-3-5-8/h6-8,16H,1-5H2. The highest BCUT2D eigenvalue weighted by atomic mass is 79.9. The van der Waals surface area contributed by atoms with Gasteiger partial charge in [0.1, 0.15) is 16.5 Å². The highest BCUT2D eigenvalue weighted by Crippen LogP contribution is 2.25. The Morgan fingerprint density at radius 1 is 1.11 bits per heavy atom. The first kappa shape index (κ1) is 14.9. The summed E-state index contributed by atoms with van der Waals surface area (Å²) in [6.45, 7) is 0. The van der Waals surface area contributed by atoms with E-state index in [-0.39, 0.29) is 10.5 Å². The van der Waals surface area contributed by atoms with E-state index in [1.165, 1.54) is 0 Å². The maximum absolute atomic E-state index is 13.6. The molecule has 1 aliphatic rings. The average Bonchev–Trinajstić information content (AvgIpc) is 2.34. The summed E-state index contributed by atoms with van der Waals surface area (Å²) in [5, 5.41) is 0. The molecule has 1 aromatic rings. The lowest BCUT2D eigenvalue weighted by Crippen LogP contribution is -2.36. The van der Waals surface area contributed by atoms with E-state index in [4.69, 9.17) is 0 Å². The Bertz CT molecular complexity index is 571. The average molecular weight is 354 g/mol. The molecule has 0 spiro atoms. The quantitative estimate of drug-likeness (QED) is 0.847. The molecule has 1 N–H and O–H groups in total. The first-order valence-electron chi connectivity index (χ1n) is 6.07. The van der Waals surface area contributed by atoms with Gasteiger partial charge >= 0.3 is 0 Å². The molecule has 1 aromatic carbocycles. The van der Waals surface area contributed by atoms with Gasteiger partial charge in [0.15, 0.2) is 0 Å². The Balaban J connectivity index is 2.26. The van der Waals surface area contributed by atoms with Gasteiger partial charge in [-0.1, -0.05) is 19.3 Å². The summed E-state index contributed by atoms with van der Waals surface area (Å²) in [5.74, 6) is -1.90. The molecule has 0 atom stereocenters. The fourth-order valence-corrected chi connectivity index (χ4v) is 4.10. The van der Waals surface area contributed by atoms with E-state index in [2.05, 4.69) is 20.7 Å². The van der Waals surface area contributed by atoms with Crippen molar-refractivity contribution in [1.29, 1.82) is 0 Å². The van der Waals surface area contributed by atoms with E-state index < -0.39 is 26.6 Å². The Labute approximate surface area is 119 Å². The summed E-state index contributed by atoms with van der Waals surface area (Å²) in [7, 11) is -3.95. The van der Waals surface area contributed by atoms with Gasteiger partial charge in [0.05, 0.1) is 4.47 Å². The molecule has 3 nitrogen and oxygen atoms in total. The SMILES string of the molecule is O=S(=O)(NC1CCCCC1)c1cc(Br)c(F)cc1F. The molecule has 0 amide bonds. The van der Waals surface area contributed by atoms with Crippen LogP contribution in [0.15, 0.2) is 21.5 Å². The van der Waals surface area contributed by atoms with Gasteiger partial charge in [-0.25, -0.2) is 21.9 Å². The predicted molar refractivity (Wildman–Crippen MR) is 71.3 cm³/mol. The number of halogens is 3. The molecule has 0 radical (unpaired) electrons. The van der Waals surface area contributed by atoms with Crippen LogP contribution in [-0.4, -0.2) is 14.5 Å². The minimum atomic E-state index is -3.95. The van der Waals surface area contributed by atoms with Crippen molar-refractivity contribution < 1.29 is 17.2 Å². The second-order valence-corrected chi connectivity index (χ2v) is 7.19. The molecule has 106 valence electrons. The second-order valence-electron chi connectivity index (χ2n) is 4.65. The zero-order chi connectivity index (χ0) is 14.0. The molecule has 1 saturated carbocycles. The van der Waals surface area contributed by atoms with Crippen LogP contribution in [0, 0.1) is 11.6 Å². The van der Waals surface area contributed by atoms with Gasteiger partial charge < -0.3 is 0 Å². The molecule has 0 unspecified atom stereocenters. The van der Waals surface area contributed by atoms with Crippen LogP contribution < -0.4 is 4.72 Å². The fourth-order valence-electron chi connectivity index (χ4n) is 2.21. The van der Waals surface area contributed by atoms with Crippen molar-refractivity contribution in [2.75, 3.05) is 0 Å². The van der Waals surface area contributed by atoms with Crippen molar-refractivity contribution in [3.05, 3.63) is 28.2 Å². The monoisotopic (exact) mass is 353 g/mol. The van der Waals surface area contributed by atoms with Crippen LogP contribution in [0.1, 0.15) is 32.1 Å². The molecule has 0 aliphatic heterocycles. The number of hydrogen-bond donors (Lipinski definition) is 1. The van der Waals surface area contributed by atoms with Crippen LogP contribution in [-0.2, 0) is 10.0 Å². The van der Waals surface area contributed by atoms with Crippen molar-refractivity contribution in [2.24, 2.45) is 0 Å². The Kier molecular flexibility index (Phi) is 4.58. The number of rotatable bonds is 3. The van der Waals surface area contributed by atoms with Crippen LogP contribution in [0.2, 0.25) is 0 Å². The minimum absolute atomic E-state index is 0.0714. The molecular formula is C12H14BrF2NO2S. The third kappa shape index (κ3) is 3.52. The van der Waals surface area contributed by atoms with Gasteiger partial charge in [-0.15, -0.1) is 0 Å². The van der Waals surface area contributed by atoms with Gasteiger partial charge in [-0.05, 0) is 34.8 Å². The molecule has 0 aromatic heterocycles. The normalized spacial score (nSPS) is 17.6. The maximum Gasteiger partial charge on any atom is 0.243 e. The molecule has 1 fully saturated rings. The van der Waals surface area contributed by atoms with Crippen LogP contribution in [0.4, 0.5) is 8.78 Å². The van der Waals surface area contributed by atoms with Crippen LogP contribution in [0.25, 0.3) is 0 Å². The Hall–Kier alpha value is -0.530. The number of hydrogen-bond acceptors (Lipinski definition) is 2. The smallest absolute Gasteiger partial charge is 0.208 e. The maximum atomic E-state index is 13.6. The molecule has 2 rings (SSSR count). The Morgan fingerprint density at radius 3 is 2.37 bits per heavy atom. The van der Waals surface area contributed by atoms with Crippen LogP contribution >= 0.6 is 15.9 Å². The molecule has 7 heteroatoms. The zero-order valence-electron chi connectivity index (χ0n) is 10.1. The van der Waals surface area contributed by atoms with E-state index in [9.17, 15) is 17.2 Å². The number of benzene rings is 1. The summed E-state index contributed by atoms with van der Waals surface area (Å²) in [6, 6.07) is 1.36. The Morgan fingerprint density at radius 2 is 1.74 bits per heavy atom. The van der Waals surface area contributed by atoms with Gasteiger partial charge in [0.25, 0.3) is 0 Å². The van der Waals surface area contributed by atoms with Gasteiger partial charge in [-0.3, -0.25) is 0 Å². The lowest BCUT2D eigenvalue weighted by Gasteiger charge is -2.22. The van der Waals surface area contributed by atoms with Crippen molar-refractivity contribution in [2.45, 2.75) is 43.0 Å². The van der Waals surface area contributed by atoms with E-state index in [0.717, 1.165) is 38.2 Å². The first-order chi connectivity index (χ1) is 8.90. The van der Waals surface area contributed by atoms with Gasteiger partial charge in [0, 0.05) is 12.1 Å². The van der Waals surface area contributed by atoms with E-state index in [0.29, 0.717) is 6.07 Å². The summed E-state index contributed by atoms with van der Waals surface area (Å²) in [5.41, 5.74) is 0. The van der Waals surface area contributed by atoms with E-state index >= 15 is 0 Å². The summed E-state index contributed by atoms with van der Waals surface area (Å²) < 4.78 is 53.3. The lowest BCUT2D eigenvalue weighted by atomic mass is 9.96. The van der Waals surface area contributed by atoms with Crippen LogP contribution in [0.3, 0.4) is 0 Å². The van der Waals surface area contributed by atoms with E-state index in [1.807, 2.05) is 0 Å². The summed E-state index contributed by atoms with van der Waals surface area (Å²) in [6.07, 6.45) is 4.52. The second kappa shape index (κ2) is 5.85. The minimum Gasteiger partial charge on any atom is -0.208 e. The van der Waals surface area contributed by atoms with Crippen molar-refractivity contribution in [1.82, 2.24) is 4.72 Å². The molecular weight excluding hydrogens is 340 g/mol. The predicted octanol–water partition coefficient (Wildman–Crippen LogP) is 3.34. The van der Waals surface area contributed by atoms with Crippen molar-refractivity contribution >= 4 is 26.0 Å². The number of nitrogens with one attached hydrogen (secondary N) is 1. The summed E-state index contributed by atoms with van der Waals surface area (Å²) >= 11 is 2.86. The third-order valence-corrected chi connectivity index (χ3v) is 5.33. The van der Waals surface area contributed by atoms with Crippen LogP contribution in [0.5, 0.6) is 0 Å². The highest BCUT2D eigenvalue weighted by molar-refractivity contribution is 9.10. The molecule has 0 heterocycles. The van der Waals surface area contributed by atoms with Crippen molar-refractivity contribution in [3.8, 4) is 0 Å². The largest absolute Gasteiger partial charge is 0.243 e. The number of sulfonamides is 1. The lowest BCUT2D eigenvalue weighted by molar-refractivity contribution is 0.411. The first-order valence-corrected chi connectivity index (χ1v) is 8.34. The topological polar surface area (TPSA) is 46.2 Å². The molecule has 0 saturated heterocycles. The molecule has 0 bridgehead atoms. The summed E-state index contributed by atoms with van der Waals surface area (Å²) in [4.78, 5) is -0.522. The van der Waals surface area contributed by atoms with Gasteiger partial charge in [-0.2, -0.15) is 0 Å². The molecule has 1 aliphatic carbocycles. The zero-order valence-corrected chi connectivity index (χ0v) is 12.5. The van der Waals surface area contributed by atoms with Gasteiger partial charge in [0.2, 0.25) is 10.0 Å². The molecule has 19 heavy (non-hydrogen) atoms. The van der Waals surface area contributed by atoms with Crippen molar-refractivity contribution in [3.63, 3.8) is 0 Å². The fraction of sp³-hybridized carbons (Fsp3) is 0.500. The highest BCUT2D eigenvalue weighted by Gasteiger charge is 2.25. The third-order valence-electron chi connectivity index (χ3n) is 3.19.